The van der Waals surface area contributed by atoms with Gasteiger partial charge in [-0.05, 0) is 29.7 Å². The number of halogens is 1. The molecule has 0 radical (unpaired) electrons. The van der Waals surface area contributed by atoms with Crippen molar-refractivity contribution in [1.29, 1.82) is 0 Å². The molecule has 1 saturated heterocycles. The number of ether oxygens (including phenoxy) is 3. The van der Waals surface area contributed by atoms with Gasteiger partial charge in [0.2, 0.25) is 16.8 Å². The number of morpholine rings is 1. The summed E-state index contributed by atoms with van der Waals surface area (Å²) in [6.45, 7) is 3.31. The summed E-state index contributed by atoms with van der Waals surface area (Å²) in [7, 11) is -3.40. The van der Waals surface area contributed by atoms with Crippen LogP contribution < -0.4 is 14.2 Å². The lowest BCUT2D eigenvalue weighted by Gasteiger charge is -2.35. The summed E-state index contributed by atoms with van der Waals surface area (Å²) < 4.78 is 44.4. The van der Waals surface area contributed by atoms with Crippen LogP contribution in [0.1, 0.15) is 17.2 Å². The molecule has 2 aromatic carbocycles. The normalized spacial score (nSPS) is 17.3. The Morgan fingerprint density at radius 1 is 1.00 bits per heavy atom. The van der Waals surface area contributed by atoms with Gasteiger partial charge in [-0.3, -0.25) is 4.90 Å². The minimum atomic E-state index is -3.40. The van der Waals surface area contributed by atoms with E-state index in [-0.39, 0.29) is 31.0 Å². The van der Waals surface area contributed by atoms with Crippen molar-refractivity contribution in [2.45, 2.75) is 12.5 Å². The number of aryl methyl sites for hydroxylation is 1. The summed E-state index contributed by atoms with van der Waals surface area (Å²) >= 11 is 0. The van der Waals surface area contributed by atoms with Gasteiger partial charge in [0, 0.05) is 25.7 Å². The number of sulfonamides is 1. The number of hydrogen-bond donors (Lipinski definition) is 1. The average molecular weight is 455 g/mol. The van der Waals surface area contributed by atoms with Crippen LogP contribution in [0, 0.1) is 0 Å². The van der Waals surface area contributed by atoms with Crippen LogP contribution in [0.25, 0.3) is 0 Å². The molecule has 2 aliphatic rings. The van der Waals surface area contributed by atoms with E-state index in [0.717, 1.165) is 30.0 Å². The van der Waals surface area contributed by atoms with E-state index in [1.54, 1.807) is 0 Å². The molecular formula is C21H27ClN2O5S. The number of hydrogen-bond acceptors (Lipinski definition) is 6. The highest BCUT2D eigenvalue weighted by Gasteiger charge is 2.26. The SMILES string of the molecule is Cl.O=S(=O)(CCc1ccccc1)NCC(c1ccc2c(c1)OCO2)N1CCOCC1. The van der Waals surface area contributed by atoms with Gasteiger partial charge in [-0.2, -0.15) is 0 Å². The summed E-state index contributed by atoms with van der Waals surface area (Å²) in [4.78, 5) is 2.25. The first kappa shape index (κ1) is 22.8. The van der Waals surface area contributed by atoms with Crippen LogP contribution in [-0.4, -0.2) is 58.7 Å². The van der Waals surface area contributed by atoms with E-state index in [1.807, 2.05) is 48.5 Å². The van der Waals surface area contributed by atoms with Gasteiger partial charge in [-0.15, -0.1) is 12.4 Å². The molecule has 0 amide bonds. The molecule has 2 heterocycles. The van der Waals surface area contributed by atoms with Crippen molar-refractivity contribution >= 4 is 22.4 Å². The molecule has 1 fully saturated rings. The standard InChI is InChI=1S/C21H26N2O5S.ClH/c24-29(25,13-8-17-4-2-1-3-5-17)22-15-19(23-9-11-26-12-10-23)18-6-7-20-21(14-18)28-16-27-20;/h1-7,14,19,22H,8-13,15-16H2;1H. The second-order valence-electron chi connectivity index (χ2n) is 7.18. The Hall–Kier alpha value is -1.84. The summed E-state index contributed by atoms with van der Waals surface area (Å²) in [5, 5.41) is 0. The third kappa shape index (κ3) is 5.86. The molecule has 9 heteroatoms. The van der Waals surface area contributed by atoms with Crippen molar-refractivity contribution in [2.75, 3.05) is 45.4 Å². The highest BCUT2D eigenvalue weighted by Crippen LogP contribution is 2.35. The van der Waals surface area contributed by atoms with Crippen molar-refractivity contribution in [1.82, 2.24) is 9.62 Å². The predicted molar refractivity (Wildman–Crippen MR) is 117 cm³/mol. The van der Waals surface area contributed by atoms with Crippen molar-refractivity contribution < 1.29 is 22.6 Å². The Morgan fingerprint density at radius 2 is 1.73 bits per heavy atom. The van der Waals surface area contributed by atoms with Crippen LogP contribution in [0.5, 0.6) is 11.5 Å². The first-order chi connectivity index (χ1) is 14.1. The van der Waals surface area contributed by atoms with E-state index in [2.05, 4.69) is 9.62 Å². The Morgan fingerprint density at radius 3 is 2.50 bits per heavy atom. The van der Waals surface area contributed by atoms with E-state index in [9.17, 15) is 8.42 Å². The molecule has 30 heavy (non-hydrogen) atoms. The molecule has 7 nitrogen and oxygen atoms in total. The van der Waals surface area contributed by atoms with Gasteiger partial charge >= 0.3 is 0 Å². The molecule has 2 aliphatic heterocycles. The van der Waals surface area contributed by atoms with Crippen LogP contribution in [0.2, 0.25) is 0 Å². The van der Waals surface area contributed by atoms with Gasteiger partial charge in [-0.1, -0.05) is 36.4 Å². The summed E-state index contributed by atoms with van der Waals surface area (Å²) in [6.07, 6.45) is 0.489. The smallest absolute Gasteiger partial charge is 0.231 e. The lowest BCUT2D eigenvalue weighted by atomic mass is 10.0. The minimum Gasteiger partial charge on any atom is -0.454 e. The van der Waals surface area contributed by atoms with Crippen LogP contribution in [0.3, 0.4) is 0 Å². The Bertz CT molecular complexity index is 920. The molecule has 0 aromatic heterocycles. The third-order valence-corrected chi connectivity index (χ3v) is 6.61. The summed E-state index contributed by atoms with van der Waals surface area (Å²) in [5.41, 5.74) is 2.01. The fourth-order valence-electron chi connectivity index (χ4n) is 3.64. The van der Waals surface area contributed by atoms with Gasteiger partial charge < -0.3 is 14.2 Å². The van der Waals surface area contributed by atoms with Gasteiger partial charge in [0.05, 0.1) is 19.0 Å². The van der Waals surface area contributed by atoms with E-state index >= 15 is 0 Å². The molecule has 4 rings (SSSR count). The Kier molecular flexibility index (Phi) is 7.96. The van der Waals surface area contributed by atoms with Crippen LogP contribution >= 0.6 is 12.4 Å². The second kappa shape index (κ2) is 10.5. The summed E-state index contributed by atoms with van der Waals surface area (Å²) in [6, 6.07) is 15.4. The van der Waals surface area contributed by atoms with Crippen LogP contribution in [0.15, 0.2) is 48.5 Å². The second-order valence-corrected chi connectivity index (χ2v) is 9.11. The monoisotopic (exact) mass is 454 g/mol. The maximum Gasteiger partial charge on any atom is 0.231 e. The summed E-state index contributed by atoms with van der Waals surface area (Å²) in [5.74, 6) is 1.49. The zero-order valence-corrected chi connectivity index (χ0v) is 18.3. The first-order valence-electron chi connectivity index (χ1n) is 9.83. The van der Waals surface area contributed by atoms with Crippen molar-refractivity contribution in [2.24, 2.45) is 0 Å². The zero-order valence-electron chi connectivity index (χ0n) is 16.7. The topological polar surface area (TPSA) is 77.1 Å². The molecule has 1 unspecified atom stereocenters. The van der Waals surface area contributed by atoms with Gasteiger partial charge in [0.1, 0.15) is 0 Å². The van der Waals surface area contributed by atoms with Crippen LogP contribution in [0.4, 0.5) is 0 Å². The largest absolute Gasteiger partial charge is 0.454 e. The lowest BCUT2D eigenvalue weighted by Crippen LogP contribution is -2.44. The fourth-order valence-corrected chi connectivity index (χ4v) is 4.70. The number of rotatable bonds is 8. The molecule has 0 aliphatic carbocycles. The molecule has 164 valence electrons. The molecular weight excluding hydrogens is 428 g/mol. The van der Waals surface area contributed by atoms with Gasteiger partial charge in [0.15, 0.2) is 11.5 Å². The predicted octanol–water partition coefficient (Wildman–Crippen LogP) is 2.37. The van der Waals surface area contributed by atoms with Crippen LogP contribution in [-0.2, 0) is 21.2 Å². The van der Waals surface area contributed by atoms with E-state index < -0.39 is 10.0 Å². The van der Waals surface area contributed by atoms with E-state index in [0.29, 0.717) is 31.9 Å². The van der Waals surface area contributed by atoms with Crippen molar-refractivity contribution in [3.63, 3.8) is 0 Å². The lowest BCUT2D eigenvalue weighted by molar-refractivity contribution is 0.0171. The third-order valence-electron chi connectivity index (χ3n) is 5.27. The number of nitrogens with one attached hydrogen (secondary N) is 1. The quantitative estimate of drug-likeness (QED) is 0.660. The van der Waals surface area contributed by atoms with Crippen molar-refractivity contribution in [3.8, 4) is 11.5 Å². The molecule has 0 bridgehead atoms. The Balaban J connectivity index is 0.00000256. The maximum absolute atomic E-state index is 12.6. The highest BCUT2D eigenvalue weighted by atomic mass is 35.5. The average Bonchev–Trinajstić information content (AvgIpc) is 3.22. The Labute approximate surface area is 183 Å². The van der Waals surface area contributed by atoms with E-state index in [1.165, 1.54) is 0 Å². The highest BCUT2D eigenvalue weighted by molar-refractivity contribution is 7.89. The molecule has 2 aromatic rings. The molecule has 1 N–H and O–H groups in total. The maximum atomic E-state index is 12.6. The van der Waals surface area contributed by atoms with E-state index in [4.69, 9.17) is 14.2 Å². The minimum absolute atomic E-state index is 0. The molecule has 0 saturated carbocycles. The first-order valence-corrected chi connectivity index (χ1v) is 11.5. The van der Waals surface area contributed by atoms with Crippen molar-refractivity contribution in [3.05, 3.63) is 59.7 Å². The number of fused-ring (bicyclic) bond motifs is 1. The number of benzene rings is 2. The zero-order chi connectivity index (χ0) is 20.1. The van der Waals surface area contributed by atoms with Gasteiger partial charge in [-0.25, -0.2) is 13.1 Å². The fraction of sp³-hybridized carbons (Fsp3) is 0.429. The van der Waals surface area contributed by atoms with Gasteiger partial charge in [0.25, 0.3) is 0 Å². The molecule has 0 spiro atoms. The molecule has 1 atom stereocenters. The number of nitrogens with zero attached hydrogens (tertiary/aromatic N) is 1.